The van der Waals surface area contributed by atoms with Crippen LogP contribution in [0, 0.1) is 5.92 Å². The zero-order chi connectivity index (χ0) is 13.1. The van der Waals surface area contributed by atoms with Gasteiger partial charge in [-0.1, -0.05) is 18.2 Å². The lowest BCUT2D eigenvalue weighted by Crippen LogP contribution is -2.30. The highest BCUT2D eigenvalue weighted by atomic mass is 16.4. The number of aliphatic hydroxyl groups excluding tert-OH is 1. The number of hydrazone groups is 1. The van der Waals surface area contributed by atoms with E-state index < -0.39 is 17.8 Å². The van der Waals surface area contributed by atoms with Crippen molar-refractivity contribution in [2.75, 3.05) is 11.6 Å². The van der Waals surface area contributed by atoms with Crippen LogP contribution in [0.5, 0.6) is 0 Å². The molecule has 0 saturated carbocycles. The highest BCUT2D eigenvalue weighted by Gasteiger charge is 2.39. The molecule has 6 heteroatoms. The Kier molecular flexibility index (Phi) is 3.38. The summed E-state index contributed by atoms with van der Waals surface area (Å²) in [6, 6.07) is 8.59. The van der Waals surface area contributed by atoms with E-state index in [-0.39, 0.29) is 18.7 Å². The highest BCUT2D eigenvalue weighted by molar-refractivity contribution is 6.43. The Morgan fingerprint density at radius 2 is 2.00 bits per heavy atom. The van der Waals surface area contributed by atoms with Gasteiger partial charge in [-0.2, -0.15) is 10.1 Å². The lowest BCUT2D eigenvalue weighted by Gasteiger charge is -2.13. The summed E-state index contributed by atoms with van der Waals surface area (Å²) in [5.74, 6) is -2.54. The summed E-state index contributed by atoms with van der Waals surface area (Å²) in [6.07, 6.45) is 0.0628. The number of hydrogen-bond donors (Lipinski definition) is 2. The fourth-order valence-corrected chi connectivity index (χ4v) is 1.83. The number of nitrogens with zero attached hydrogens (tertiary/aromatic N) is 2. The zero-order valence-electron chi connectivity index (χ0n) is 9.48. The number of aliphatic carboxylic acids is 1. The van der Waals surface area contributed by atoms with Crippen molar-refractivity contribution in [1.29, 1.82) is 0 Å². The Bertz CT molecular complexity index is 498. The topological polar surface area (TPSA) is 90.2 Å². The van der Waals surface area contributed by atoms with Gasteiger partial charge in [-0.3, -0.25) is 4.79 Å². The second-order valence-electron chi connectivity index (χ2n) is 3.84. The van der Waals surface area contributed by atoms with Crippen LogP contribution in [0.4, 0.5) is 5.69 Å². The van der Waals surface area contributed by atoms with E-state index in [2.05, 4.69) is 5.10 Å². The average Bonchev–Trinajstić information content (AvgIpc) is 2.69. The molecule has 2 N–H and O–H groups in total. The summed E-state index contributed by atoms with van der Waals surface area (Å²) in [4.78, 5) is 23.1. The molecule has 2 rings (SSSR count). The van der Waals surface area contributed by atoms with Crippen LogP contribution in [-0.4, -0.2) is 34.4 Å². The molecule has 0 saturated heterocycles. The maximum Gasteiger partial charge on any atom is 0.352 e. The molecule has 18 heavy (non-hydrogen) atoms. The number of hydrogen-bond acceptors (Lipinski definition) is 4. The fraction of sp³-hybridized carbons (Fsp3) is 0.250. The number of rotatable bonds is 4. The first-order valence-electron chi connectivity index (χ1n) is 5.47. The normalized spacial score (nSPS) is 18.9. The summed E-state index contributed by atoms with van der Waals surface area (Å²) < 4.78 is 0. The van der Waals surface area contributed by atoms with Crippen molar-refractivity contribution in [3.63, 3.8) is 0 Å². The van der Waals surface area contributed by atoms with Crippen LogP contribution in [0.25, 0.3) is 0 Å². The van der Waals surface area contributed by atoms with Gasteiger partial charge in [0.15, 0.2) is 5.71 Å². The largest absolute Gasteiger partial charge is 0.477 e. The van der Waals surface area contributed by atoms with Crippen molar-refractivity contribution in [3.05, 3.63) is 30.3 Å². The van der Waals surface area contributed by atoms with Gasteiger partial charge in [-0.15, -0.1) is 0 Å². The molecule has 1 amide bonds. The van der Waals surface area contributed by atoms with E-state index in [1.165, 1.54) is 0 Å². The van der Waals surface area contributed by atoms with Gasteiger partial charge in [0.2, 0.25) is 0 Å². The fourth-order valence-electron chi connectivity index (χ4n) is 1.83. The Morgan fingerprint density at radius 1 is 1.33 bits per heavy atom. The molecule has 1 heterocycles. The first-order valence-corrected chi connectivity index (χ1v) is 5.47. The van der Waals surface area contributed by atoms with Gasteiger partial charge >= 0.3 is 5.97 Å². The van der Waals surface area contributed by atoms with Crippen molar-refractivity contribution in [2.45, 2.75) is 6.42 Å². The molecule has 1 atom stereocenters. The van der Waals surface area contributed by atoms with Crippen LogP contribution in [0.1, 0.15) is 6.42 Å². The monoisotopic (exact) mass is 248 g/mol. The van der Waals surface area contributed by atoms with Crippen LogP contribution in [0.15, 0.2) is 35.4 Å². The summed E-state index contributed by atoms with van der Waals surface area (Å²) in [5, 5.41) is 22.8. The SMILES string of the molecule is O=C(O)C1=NN(c2ccccc2)C(=O)C1CCO. The van der Waals surface area contributed by atoms with Crippen molar-refractivity contribution in [3.8, 4) is 0 Å². The van der Waals surface area contributed by atoms with Crippen LogP contribution in [-0.2, 0) is 9.59 Å². The summed E-state index contributed by atoms with van der Waals surface area (Å²) in [6.45, 7) is -0.259. The number of benzene rings is 1. The van der Waals surface area contributed by atoms with Gasteiger partial charge in [0.05, 0.1) is 11.6 Å². The van der Waals surface area contributed by atoms with E-state index >= 15 is 0 Å². The molecule has 1 aromatic rings. The molecule has 0 bridgehead atoms. The molecule has 0 aliphatic carbocycles. The lowest BCUT2D eigenvalue weighted by atomic mass is 10.00. The molecule has 6 nitrogen and oxygen atoms in total. The molecular weight excluding hydrogens is 236 g/mol. The standard InChI is InChI=1S/C12H12N2O4/c15-7-6-9-10(12(17)18)13-14(11(9)16)8-4-2-1-3-5-8/h1-5,9,15H,6-7H2,(H,17,18). The van der Waals surface area contributed by atoms with Gasteiger partial charge in [0.1, 0.15) is 0 Å². The predicted molar refractivity (Wildman–Crippen MR) is 64.2 cm³/mol. The molecule has 1 aliphatic heterocycles. The summed E-state index contributed by atoms with van der Waals surface area (Å²) in [7, 11) is 0. The van der Waals surface area contributed by atoms with Crippen molar-refractivity contribution < 1.29 is 19.8 Å². The number of para-hydroxylation sites is 1. The molecule has 0 fully saturated rings. The van der Waals surface area contributed by atoms with Gasteiger partial charge < -0.3 is 10.2 Å². The third-order valence-corrected chi connectivity index (χ3v) is 2.68. The van der Waals surface area contributed by atoms with Gasteiger partial charge in [-0.25, -0.2) is 4.79 Å². The van der Waals surface area contributed by atoms with Crippen LogP contribution >= 0.6 is 0 Å². The number of carboxylic acid groups (broad SMARTS) is 1. The Labute approximate surface area is 103 Å². The van der Waals surface area contributed by atoms with Crippen LogP contribution in [0.2, 0.25) is 0 Å². The predicted octanol–water partition coefficient (Wildman–Crippen LogP) is 0.472. The third-order valence-electron chi connectivity index (χ3n) is 2.68. The molecule has 94 valence electrons. The van der Waals surface area contributed by atoms with Crippen LogP contribution in [0.3, 0.4) is 0 Å². The maximum absolute atomic E-state index is 12.0. The first kappa shape index (κ1) is 12.3. The smallest absolute Gasteiger partial charge is 0.352 e. The van der Waals surface area contributed by atoms with E-state index in [1.54, 1.807) is 30.3 Å². The summed E-state index contributed by atoms with van der Waals surface area (Å²) >= 11 is 0. The van der Waals surface area contributed by atoms with E-state index in [0.717, 1.165) is 5.01 Å². The number of carbonyl (C=O) groups excluding carboxylic acids is 1. The number of aliphatic hydroxyl groups is 1. The van der Waals surface area contributed by atoms with Gasteiger partial charge in [-0.05, 0) is 18.6 Å². The van der Waals surface area contributed by atoms with Crippen molar-refractivity contribution >= 4 is 23.3 Å². The number of anilines is 1. The molecule has 0 spiro atoms. The zero-order valence-corrected chi connectivity index (χ0v) is 9.48. The quantitative estimate of drug-likeness (QED) is 0.810. The Balaban J connectivity index is 2.34. The van der Waals surface area contributed by atoms with Crippen molar-refractivity contribution in [2.24, 2.45) is 11.0 Å². The summed E-state index contributed by atoms with van der Waals surface area (Å²) in [5.41, 5.74) is 0.291. The van der Waals surface area contributed by atoms with Gasteiger partial charge in [0.25, 0.3) is 5.91 Å². The minimum Gasteiger partial charge on any atom is -0.477 e. The minimum atomic E-state index is -1.24. The molecule has 1 aliphatic rings. The van der Waals surface area contributed by atoms with Crippen LogP contribution < -0.4 is 5.01 Å². The lowest BCUT2D eigenvalue weighted by molar-refractivity contribution is -0.130. The average molecular weight is 248 g/mol. The Hall–Kier alpha value is -2.21. The van der Waals surface area contributed by atoms with E-state index in [0.29, 0.717) is 5.69 Å². The molecule has 1 unspecified atom stereocenters. The maximum atomic E-state index is 12.0. The van der Waals surface area contributed by atoms with E-state index in [9.17, 15) is 9.59 Å². The first-order chi connectivity index (χ1) is 8.65. The molecule has 0 radical (unpaired) electrons. The number of carbonyl (C=O) groups is 2. The minimum absolute atomic E-state index is 0.0628. The molecule has 0 aromatic heterocycles. The van der Waals surface area contributed by atoms with E-state index in [4.69, 9.17) is 10.2 Å². The molecular formula is C12H12N2O4. The van der Waals surface area contributed by atoms with E-state index in [1.807, 2.05) is 0 Å². The number of carboxylic acids is 1. The van der Waals surface area contributed by atoms with Crippen molar-refractivity contribution in [1.82, 2.24) is 0 Å². The second-order valence-corrected chi connectivity index (χ2v) is 3.84. The highest BCUT2D eigenvalue weighted by Crippen LogP contribution is 2.25. The Morgan fingerprint density at radius 3 is 2.56 bits per heavy atom. The third kappa shape index (κ3) is 2.10. The molecule has 1 aromatic carbocycles. The number of amides is 1. The van der Waals surface area contributed by atoms with Gasteiger partial charge in [0, 0.05) is 6.61 Å². The second kappa shape index (κ2) is 4.97.